The lowest BCUT2D eigenvalue weighted by atomic mass is 10.1. The van der Waals surface area contributed by atoms with Gasteiger partial charge >= 0.3 is 0 Å². The molecule has 0 spiro atoms. The van der Waals surface area contributed by atoms with Crippen molar-refractivity contribution in [2.24, 2.45) is 5.92 Å². The zero-order valence-electron chi connectivity index (χ0n) is 13.2. The fraction of sp³-hybridized carbons (Fsp3) is 0.588. The molecule has 4 rings (SSSR count). The lowest BCUT2D eigenvalue weighted by Crippen LogP contribution is -2.47. The molecule has 0 saturated carbocycles. The minimum absolute atomic E-state index is 0.733. The van der Waals surface area contributed by atoms with E-state index in [2.05, 4.69) is 30.7 Å². The third-order valence-electron chi connectivity index (χ3n) is 4.76. The minimum Gasteiger partial charge on any atom is -0.439 e. The number of aromatic nitrogens is 1. The molecule has 2 aliphatic rings. The van der Waals surface area contributed by atoms with Gasteiger partial charge in [-0.1, -0.05) is 15.9 Å². The Morgan fingerprint density at radius 3 is 2.78 bits per heavy atom. The van der Waals surface area contributed by atoms with Gasteiger partial charge in [-0.15, -0.1) is 0 Å². The number of hydrogen-bond acceptors (Lipinski definition) is 5. The summed E-state index contributed by atoms with van der Waals surface area (Å²) < 4.78 is 12.4. The third kappa shape index (κ3) is 3.76. The molecule has 1 aromatic carbocycles. The first kappa shape index (κ1) is 15.6. The molecule has 1 atom stereocenters. The molecule has 124 valence electrons. The molecule has 0 N–H and O–H groups in total. The van der Waals surface area contributed by atoms with Crippen LogP contribution < -0.4 is 0 Å². The molecular weight excluding hydrogens is 358 g/mol. The number of oxazole rings is 1. The smallest absolute Gasteiger partial charge is 0.209 e. The highest BCUT2D eigenvalue weighted by atomic mass is 79.9. The highest BCUT2D eigenvalue weighted by Gasteiger charge is 2.23. The van der Waals surface area contributed by atoms with Gasteiger partial charge in [0.2, 0.25) is 5.89 Å². The molecule has 0 unspecified atom stereocenters. The molecule has 0 radical (unpaired) electrons. The lowest BCUT2D eigenvalue weighted by molar-refractivity contribution is 0.102. The van der Waals surface area contributed by atoms with E-state index in [4.69, 9.17) is 9.15 Å². The van der Waals surface area contributed by atoms with Gasteiger partial charge in [0.1, 0.15) is 5.52 Å². The summed E-state index contributed by atoms with van der Waals surface area (Å²) in [5.74, 6) is 1.55. The summed E-state index contributed by atoms with van der Waals surface area (Å²) >= 11 is 3.47. The van der Waals surface area contributed by atoms with Gasteiger partial charge < -0.3 is 14.1 Å². The Bertz CT molecular complexity index is 661. The molecule has 1 aromatic heterocycles. The van der Waals surface area contributed by atoms with E-state index in [1.54, 1.807) is 0 Å². The van der Waals surface area contributed by atoms with Gasteiger partial charge in [-0.3, -0.25) is 4.90 Å². The highest BCUT2D eigenvalue weighted by molar-refractivity contribution is 9.10. The summed E-state index contributed by atoms with van der Waals surface area (Å²) in [6.45, 7) is 8.28. The van der Waals surface area contributed by atoms with Crippen molar-refractivity contribution in [3.63, 3.8) is 0 Å². The Balaban J connectivity index is 1.31. The van der Waals surface area contributed by atoms with E-state index in [1.807, 2.05) is 18.2 Å². The predicted octanol–water partition coefficient (Wildman–Crippen LogP) is 2.74. The monoisotopic (exact) mass is 379 g/mol. The van der Waals surface area contributed by atoms with Crippen molar-refractivity contribution in [2.75, 3.05) is 45.9 Å². The largest absolute Gasteiger partial charge is 0.439 e. The topological polar surface area (TPSA) is 41.7 Å². The molecule has 0 amide bonds. The summed E-state index contributed by atoms with van der Waals surface area (Å²) in [6.07, 6.45) is 1.22. The summed E-state index contributed by atoms with van der Waals surface area (Å²) in [4.78, 5) is 9.59. The number of ether oxygens (including phenoxy) is 1. The van der Waals surface area contributed by atoms with E-state index in [0.717, 1.165) is 73.3 Å². The Hall–Kier alpha value is -0.950. The molecule has 23 heavy (non-hydrogen) atoms. The van der Waals surface area contributed by atoms with Crippen LogP contribution in [0.4, 0.5) is 0 Å². The van der Waals surface area contributed by atoms with Crippen LogP contribution in [0.2, 0.25) is 0 Å². The number of fused-ring (bicyclic) bond motifs is 1. The predicted molar refractivity (Wildman–Crippen MR) is 92.4 cm³/mol. The van der Waals surface area contributed by atoms with Gasteiger partial charge in [0.15, 0.2) is 5.58 Å². The first-order valence-electron chi connectivity index (χ1n) is 8.34. The highest BCUT2D eigenvalue weighted by Crippen LogP contribution is 2.22. The second-order valence-corrected chi connectivity index (χ2v) is 7.44. The normalized spacial score (nSPS) is 23.8. The van der Waals surface area contributed by atoms with Crippen LogP contribution in [0.15, 0.2) is 27.1 Å². The Kier molecular flexibility index (Phi) is 4.66. The maximum atomic E-state index is 5.87. The van der Waals surface area contributed by atoms with Crippen LogP contribution in [0.5, 0.6) is 0 Å². The van der Waals surface area contributed by atoms with Crippen LogP contribution in [0.1, 0.15) is 12.3 Å². The van der Waals surface area contributed by atoms with Crippen LogP contribution in [-0.2, 0) is 11.3 Å². The molecular formula is C17H22BrN3O2. The Morgan fingerprint density at radius 1 is 1.17 bits per heavy atom. The molecule has 2 aliphatic heterocycles. The average molecular weight is 380 g/mol. The van der Waals surface area contributed by atoms with E-state index < -0.39 is 0 Å². The van der Waals surface area contributed by atoms with Crippen LogP contribution >= 0.6 is 15.9 Å². The van der Waals surface area contributed by atoms with Gasteiger partial charge in [0.05, 0.1) is 13.2 Å². The van der Waals surface area contributed by atoms with Crippen LogP contribution in [0.25, 0.3) is 11.1 Å². The van der Waals surface area contributed by atoms with Gasteiger partial charge in [-0.25, -0.2) is 4.98 Å². The SMILES string of the molecule is Brc1ccc2nc(CN3CCN(C[C@@H]4CCOC4)CC3)oc2c1. The van der Waals surface area contributed by atoms with Crippen molar-refractivity contribution < 1.29 is 9.15 Å². The Morgan fingerprint density at radius 2 is 2.00 bits per heavy atom. The van der Waals surface area contributed by atoms with Crippen molar-refractivity contribution in [2.45, 2.75) is 13.0 Å². The van der Waals surface area contributed by atoms with Gasteiger partial charge in [-0.05, 0) is 30.5 Å². The zero-order chi connectivity index (χ0) is 15.6. The van der Waals surface area contributed by atoms with Crippen LogP contribution in [-0.4, -0.2) is 60.7 Å². The quantitative estimate of drug-likeness (QED) is 0.816. The number of rotatable bonds is 4. The first-order chi connectivity index (χ1) is 11.3. The van der Waals surface area contributed by atoms with Crippen molar-refractivity contribution in [3.8, 4) is 0 Å². The van der Waals surface area contributed by atoms with Crippen LogP contribution in [0.3, 0.4) is 0 Å². The van der Waals surface area contributed by atoms with E-state index in [9.17, 15) is 0 Å². The summed E-state index contributed by atoms with van der Waals surface area (Å²) in [7, 11) is 0. The molecule has 0 bridgehead atoms. The molecule has 2 fully saturated rings. The first-order valence-corrected chi connectivity index (χ1v) is 9.13. The molecule has 6 heteroatoms. The fourth-order valence-electron chi connectivity index (χ4n) is 3.43. The molecule has 2 aromatic rings. The fourth-order valence-corrected chi connectivity index (χ4v) is 3.77. The van der Waals surface area contributed by atoms with E-state index in [1.165, 1.54) is 13.0 Å². The van der Waals surface area contributed by atoms with Crippen molar-refractivity contribution >= 4 is 27.0 Å². The summed E-state index contributed by atoms with van der Waals surface area (Å²) in [6, 6.07) is 5.97. The molecule has 2 saturated heterocycles. The van der Waals surface area contributed by atoms with Crippen molar-refractivity contribution in [1.82, 2.24) is 14.8 Å². The van der Waals surface area contributed by atoms with Crippen molar-refractivity contribution in [3.05, 3.63) is 28.6 Å². The lowest BCUT2D eigenvalue weighted by Gasteiger charge is -2.35. The second-order valence-electron chi connectivity index (χ2n) is 6.53. The van der Waals surface area contributed by atoms with E-state index in [-0.39, 0.29) is 0 Å². The second kappa shape index (κ2) is 6.89. The number of piperazine rings is 1. The maximum absolute atomic E-state index is 5.87. The molecule has 3 heterocycles. The van der Waals surface area contributed by atoms with Gasteiger partial charge in [0.25, 0.3) is 0 Å². The van der Waals surface area contributed by atoms with Crippen molar-refractivity contribution in [1.29, 1.82) is 0 Å². The standard InChI is InChI=1S/C17H22BrN3O2/c18-14-1-2-15-16(9-14)23-17(19-15)11-21-6-4-20(5-7-21)10-13-3-8-22-12-13/h1-2,9,13H,3-8,10-12H2/t13-/m0/s1. The summed E-state index contributed by atoms with van der Waals surface area (Å²) in [5.41, 5.74) is 1.79. The number of halogens is 1. The number of nitrogens with zero attached hydrogens (tertiary/aromatic N) is 3. The average Bonchev–Trinajstić information content (AvgIpc) is 3.18. The molecule has 0 aliphatic carbocycles. The molecule has 5 nitrogen and oxygen atoms in total. The zero-order valence-corrected chi connectivity index (χ0v) is 14.8. The third-order valence-corrected chi connectivity index (χ3v) is 5.25. The summed E-state index contributed by atoms with van der Waals surface area (Å²) in [5, 5.41) is 0. The number of benzene rings is 1. The van der Waals surface area contributed by atoms with Gasteiger partial charge in [0, 0.05) is 43.8 Å². The van der Waals surface area contributed by atoms with Gasteiger partial charge in [-0.2, -0.15) is 0 Å². The minimum atomic E-state index is 0.733. The van der Waals surface area contributed by atoms with E-state index >= 15 is 0 Å². The Labute approximate surface area is 144 Å². The maximum Gasteiger partial charge on any atom is 0.209 e. The van der Waals surface area contributed by atoms with E-state index in [0.29, 0.717) is 0 Å². The number of hydrogen-bond donors (Lipinski definition) is 0. The van der Waals surface area contributed by atoms with Crippen LogP contribution in [0, 0.1) is 5.92 Å².